The fourth-order valence-electron chi connectivity index (χ4n) is 1.95. The van der Waals surface area contributed by atoms with E-state index in [1.165, 1.54) is 6.07 Å². The number of aliphatic hydroxyl groups is 1. The zero-order valence-corrected chi connectivity index (χ0v) is 12.2. The standard InChI is InChI=1S/C14H22N2O4/c1-4-20-10-14(17)9-15(3)11(2)12-6-5-7-13(8-12)16(18)19/h5-8,11,14,17H,4,9-10H2,1-3H3. The summed E-state index contributed by atoms with van der Waals surface area (Å²) in [4.78, 5) is 12.3. The van der Waals surface area contributed by atoms with Crippen LogP contribution < -0.4 is 0 Å². The van der Waals surface area contributed by atoms with Gasteiger partial charge in [0.2, 0.25) is 0 Å². The summed E-state index contributed by atoms with van der Waals surface area (Å²) < 4.78 is 5.17. The first kappa shape index (κ1) is 16.6. The molecule has 2 unspecified atom stereocenters. The molecule has 0 spiro atoms. The zero-order chi connectivity index (χ0) is 15.1. The van der Waals surface area contributed by atoms with E-state index in [-0.39, 0.29) is 11.7 Å². The molecule has 0 aromatic heterocycles. The lowest BCUT2D eigenvalue weighted by atomic mass is 10.1. The summed E-state index contributed by atoms with van der Waals surface area (Å²) in [7, 11) is 1.87. The SMILES string of the molecule is CCOCC(O)CN(C)C(C)c1cccc([N+](=O)[O-])c1. The van der Waals surface area contributed by atoms with Crippen molar-refractivity contribution in [2.75, 3.05) is 26.8 Å². The first-order chi connectivity index (χ1) is 9.45. The largest absolute Gasteiger partial charge is 0.389 e. The summed E-state index contributed by atoms with van der Waals surface area (Å²) >= 11 is 0. The van der Waals surface area contributed by atoms with E-state index in [1.807, 2.05) is 31.9 Å². The van der Waals surface area contributed by atoms with Crippen LogP contribution in [0.5, 0.6) is 0 Å². The van der Waals surface area contributed by atoms with Crippen molar-refractivity contribution in [2.24, 2.45) is 0 Å². The van der Waals surface area contributed by atoms with Crippen LogP contribution in [0.15, 0.2) is 24.3 Å². The van der Waals surface area contributed by atoms with Crippen LogP contribution in [0.2, 0.25) is 0 Å². The van der Waals surface area contributed by atoms with E-state index in [4.69, 9.17) is 4.74 Å². The second kappa shape index (κ2) is 7.94. The molecule has 6 nitrogen and oxygen atoms in total. The summed E-state index contributed by atoms with van der Waals surface area (Å²) in [6, 6.07) is 6.54. The lowest BCUT2D eigenvalue weighted by molar-refractivity contribution is -0.384. The maximum Gasteiger partial charge on any atom is 0.269 e. The second-order valence-electron chi connectivity index (χ2n) is 4.78. The van der Waals surface area contributed by atoms with Gasteiger partial charge in [0.1, 0.15) is 0 Å². The summed E-state index contributed by atoms with van der Waals surface area (Å²) in [5.41, 5.74) is 0.933. The highest BCUT2D eigenvalue weighted by Crippen LogP contribution is 2.22. The number of hydrogen-bond acceptors (Lipinski definition) is 5. The minimum atomic E-state index is -0.568. The number of hydrogen-bond donors (Lipinski definition) is 1. The topological polar surface area (TPSA) is 75.8 Å². The molecule has 0 radical (unpaired) electrons. The molecule has 0 aliphatic carbocycles. The molecular formula is C14H22N2O4. The fourth-order valence-corrected chi connectivity index (χ4v) is 1.95. The molecule has 0 amide bonds. The molecule has 0 fully saturated rings. The zero-order valence-electron chi connectivity index (χ0n) is 12.2. The number of likely N-dealkylation sites (N-methyl/N-ethyl adjacent to an activating group) is 1. The van der Waals surface area contributed by atoms with E-state index < -0.39 is 11.0 Å². The van der Waals surface area contributed by atoms with E-state index >= 15 is 0 Å². The third-order valence-corrected chi connectivity index (χ3v) is 3.24. The highest BCUT2D eigenvalue weighted by molar-refractivity contribution is 5.35. The molecule has 0 saturated carbocycles. The first-order valence-corrected chi connectivity index (χ1v) is 6.66. The molecule has 0 bridgehead atoms. The number of benzene rings is 1. The normalized spacial score (nSPS) is 14.2. The first-order valence-electron chi connectivity index (χ1n) is 6.66. The van der Waals surface area contributed by atoms with Gasteiger partial charge < -0.3 is 9.84 Å². The summed E-state index contributed by atoms with van der Waals surface area (Å²) in [5, 5.41) is 20.6. The number of aliphatic hydroxyl groups excluding tert-OH is 1. The van der Waals surface area contributed by atoms with Gasteiger partial charge in [-0.1, -0.05) is 12.1 Å². The van der Waals surface area contributed by atoms with Crippen LogP contribution in [0, 0.1) is 10.1 Å². The molecule has 1 rings (SSSR count). The van der Waals surface area contributed by atoms with Gasteiger partial charge in [0.15, 0.2) is 0 Å². The molecule has 2 atom stereocenters. The lowest BCUT2D eigenvalue weighted by Crippen LogP contribution is -2.34. The summed E-state index contributed by atoms with van der Waals surface area (Å²) in [5.74, 6) is 0. The van der Waals surface area contributed by atoms with Crippen molar-refractivity contribution in [3.05, 3.63) is 39.9 Å². The monoisotopic (exact) mass is 282 g/mol. The average Bonchev–Trinajstić information content (AvgIpc) is 2.44. The predicted octanol–water partition coefficient (Wildman–Crippen LogP) is 1.99. The number of non-ortho nitro benzene ring substituents is 1. The Bertz CT molecular complexity index is 439. The summed E-state index contributed by atoms with van der Waals surface area (Å²) in [6.45, 7) is 5.14. The van der Waals surface area contributed by atoms with Gasteiger partial charge in [-0.3, -0.25) is 15.0 Å². The fraction of sp³-hybridized carbons (Fsp3) is 0.571. The molecule has 0 aliphatic rings. The van der Waals surface area contributed by atoms with Gasteiger partial charge in [-0.05, 0) is 26.5 Å². The Balaban J connectivity index is 2.66. The van der Waals surface area contributed by atoms with Crippen molar-refractivity contribution >= 4 is 5.69 Å². The summed E-state index contributed by atoms with van der Waals surface area (Å²) in [6.07, 6.45) is -0.568. The Hall–Kier alpha value is -1.50. The predicted molar refractivity (Wildman–Crippen MR) is 76.6 cm³/mol. The highest BCUT2D eigenvalue weighted by atomic mass is 16.6. The molecule has 6 heteroatoms. The van der Waals surface area contributed by atoms with Gasteiger partial charge in [-0.25, -0.2) is 0 Å². The van der Waals surface area contributed by atoms with Crippen LogP contribution in [0.1, 0.15) is 25.5 Å². The minimum absolute atomic E-state index is 0.0221. The molecule has 1 N–H and O–H groups in total. The van der Waals surface area contributed by atoms with E-state index in [0.29, 0.717) is 19.8 Å². The number of nitrogens with zero attached hydrogens (tertiary/aromatic N) is 2. The van der Waals surface area contributed by atoms with E-state index in [1.54, 1.807) is 12.1 Å². The van der Waals surface area contributed by atoms with Gasteiger partial charge in [0, 0.05) is 31.3 Å². The van der Waals surface area contributed by atoms with Gasteiger partial charge in [0.05, 0.1) is 17.6 Å². The molecule has 0 aliphatic heterocycles. The van der Waals surface area contributed by atoms with Crippen LogP contribution in [0.3, 0.4) is 0 Å². The average molecular weight is 282 g/mol. The van der Waals surface area contributed by atoms with Crippen molar-refractivity contribution in [1.29, 1.82) is 0 Å². The van der Waals surface area contributed by atoms with Gasteiger partial charge in [-0.15, -0.1) is 0 Å². The Morgan fingerprint density at radius 1 is 1.50 bits per heavy atom. The third-order valence-electron chi connectivity index (χ3n) is 3.24. The molecule has 0 heterocycles. The maximum atomic E-state index is 10.8. The van der Waals surface area contributed by atoms with Crippen LogP contribution in [0.25, 0.3) is 0 Å². The Labute approximate surface area is 119 Å². The van der Waals surface area contributed by atoms with Crippen LogP contribution >= 0.6 is 0 Å². The Morgan fingerprint density at radius 3 is 2.80 bits per heavy atom. The van der Waals surface area contributed by atoms with E-state index in [2.05, 4.69) is 0 Å². The Kier molecular flexibility index (Phi) is 6.57. The number of rotatable bonds is 8. The third kappa shape index (κ3) is 4.88. The van der Waals surface area contributed by atoms with Crippen LogP contribution in [0.4, 0.5) is 5.69 Å². The molecule has 112 valence electrons. The number of nitro groups is 1. The van der Waals surface area contributed by atoms with E-state index in [0.717, 1.165) is 5.56 Å². The van der Waals surface area contributed by atoms with Crippen molar-refractivity contribution in [3.63, 3.8) is 0 Å². The molecule has 20 heavy (non-hydrogen) atoms. The maximum absolute atomic E-state index is 10.8. The van der Waals surface area contributed by atoms with Crippen molar-refractivity contribution in [1.82, 2.24) is 4.90 Å². The van der Waals surface area contributed by atoms with Crippen molar-refractivity contribution in [2.45, 2.75) is 26.0 Å². The van der Waals surface area contributed by atoms with Crippen molar-refractivity contribution in [3.8, 4) is 0 Å². The molecule has 1 aromatic rings. The van der Waals surface area contributed by atoms with Gasteiger partial charge in [0.25, 0.3) is 5.69 Å². The smallest absolute Gasteiger partial charge is 0.269 e. The minimum Gasteiger partial charge on any atom is -0.389 e. The molecule has 1 aromatic carbocycles. The Morgan fingerprint density at radius 2 is 2.20 bits per heavy atom. The highest BCUT2D eigenvalue weighted by Gasteiger charge is 2.17. The molecule has 0 saturated heterocycles. The molecular weight excluding hydrogens is 260 g/mol. The van der Waals surface area contributed by atoms with E-state index in [9.17, 15) is 15.2 Å². The van der Waals surface area contributed by atoms with Gasteiger partial charge in [-0.2, -0.15) is 0 Å². The number of nitro benzene ring substituents is 1. The van der Waals surface area contributed by atoms with Crippen LogP contribution in [-0.4, -0.2) is 47.8 Å². The lowest BCUT2D eigenvalue weighted by Gasteiger charge is -2.27. The van der Waals surface area contributed by atoms with Crippen LogP contribution in [-0.2, 0) is 4.74 Å². The van der Waals surface area contributed by atoms with Gasteiger partial charge >= 0.3 is 0 Å². The van der Waals surface area contributed by atoms with Crippen molar-refractivity contribution < 1.29 is 14.8 Å². The second-order valence-corrected chi connectivity index (χ2v) is 4.78. The number of ether oxygens (including phenoxy) is 1. The quantitative estimate of drug-likeness (QED) is 0.583.